The van der Waals surface area contributed by atoms with Crippen LogP contribution in [0, 0.1) is 0 Å². The zero-order valence-corrected chi connectivity index (χ0v) is 10.6. The van der Waals surface area contributed by atoms with Gasteiger partial charge in [-0.25, -0.2) is 0 Å². The maximum Gasteiger partial charge on any atom is 0.287 e. The molecule has 0 fully saturated rings. The highest BCUT2D eigenvalue weighted by molar-refractivity contribution is 6.33. The molecule has 5 nitrogen and oxygen atoms in total. The summed E-state index contributed by atoms with van der Waals surface area (Å²) >= 11 is 5.90. The molecular formula is C13H11ClN2O3. The van der Waals surface area contributed by atoms with Crippen molar-refractivity contribution in [2.45, 2.75) is 0 Å². The number of nitrogens with one attached hydrogen (secondary N) is 2. The molecule has 2 rings (SSSR count). The average Bonchev–Trinajstić information content (AvgIpc) is 2.93. The summed E-state index contributed by atoms with van der Waals surface area (Å²) in [7, 11) is 0. The van der Waals surface area contributed by atoms with Crippen LogP contribution in [0.15, 0.2) is 47.1 Å². The largest absolute Gasteiger partial charge is 0.459 e. The SMILES string of the molecule is O=C(CNC(=O)c1ccco1)Nc1ccccc1Cl. The van der Waals surface area contributed by atoms with Crippen LogP contribution in [0.1, 0.15) is 10.6 Å². The van der Waals surface area contributed by atoms with Crippen LogP contribution in [-0.4, -0.2) is 18.4 Å². The molecule has 0 spiro atoms. The van der Waals surface area contributed by atoms with E-state index in [2.05, 4.69) is 10.6 Å². The van der Waals surface area contributed by atoms with E-state index in [1.54, 1.807) is 30.3 Å². The third-order valence-electron chi connectivity index (χ3n) is 2.30. The Hall–Kier alpha value is -2.27. The van der Waals surface area contributed by atoms with Crippen molar-refractivity contribution in [3.8, 4) is 0 Å². The van der Waals surface area contributed by atoms with Gasteiger partial charge >= 0.3 is 0 Å². The number of furan rings is 1. The molecule has 98 valence electrons. The highest BCUT2D eigenvalue weighted by Crippen LogP contribution is 2.19. The topological polar surface area (TPSA) is 71.3 Å². The van der Waals surface area contributed by atoms with Crippen molar-refractivity contribution in [1.82, 2.24) is 5.32 Å². The molecule has 0 atom stereocenters. The summed E-state index contributed by atoms with van der Waals surface area (Å²) in [5.74, 6) is -0.655. The lowest BCUT2D eigenvalue weighted by Crippen LogP contribution is -2.32. The standard InChI is InChI=1S/C13H11ClN2O3/c14-9-4-1-2-5-10(9)16-12(17)8-15-13(18)11-6-3-7-19-11/h1-7H,8H2,(H,15,18)(H,16,17). The first kappa shape index (κ1) is 13.2. The molecule has 0 aliphatic heterocycles. The Morgan fingerprint density at radius 1 is 1.16 bits per heavy atom. The Morgan fingerprint density at radius 2 is 1.95 bits per heavy atom. The molecule has 1 aromatic carbocycles. The van der Waals surface area contributed by atoms with Gasteiger partial charge in [-0.3, -0.25) is 9.59 Å². The predicted octanol–water partition coefficient (Wildman–Crippen LogP) is 2.30. The quantitative estimate of drug-likeness (QED) is 0.901. The molecule has 19 heavy (non-hydrogen) atoms. The van der Waals surface area contributed by atoms with E-state index in [-0.39, 0.29) is 18.2 Å². The molecule has 0 saturated heterocycles. The number of hydrogen-bond donors (Lipinski definition) is 2. The number of benzene rings is 1. The van der Waals surface area contributed by atoms with E-state index in [9.17, 15) is 9.59 Å². The fourth-order valence-corrected chi connectivity index (χ4v) is 1.60. The lowest BCUT2D eigenvalue weighted by Gasteiger charge is -2.07. The van der Waals surface area contributed by atoms with Gasteiger partial charge in [-0.1, -0.05) is 23.7 Å². The third-order valence-corrected chi connectivity index (χ3v) is 2.63. The molecule has 6 heteroatoms. The maximum absolute atomic E-state index is 11.6. The van der Waals surface area contributed by atoms with Crippen LogP contribution in [0.3, 0.4) is 0 Å². The molecule has 0 aliphatic carbocycles. The minimum Gasteiger partial charge on any atom is -0.459 e. The molecule has 2 amide bonds. The molecule has 1 heterocycles. The van der Waals surface area contributed by atoms with Crippen LogP contribution in [0.25, 0.3) is 0 Å². The second-order valence-corrected chi connectivity index (χ2v) is 4.10. The number of carbonyl (C=O) groups excluding carboxylic acids is 2. The molecule has 0 unspecified atom stereocenters. The monoisotopic (exact) mass is 278 g/mol. The van der Waals surface area contributed by atoms with Gasteiger partial charge in [0.15, 0.2) is 5.76 Å². The summed E-state index contributed by atoms with van der Waals surface area (Å²) in [6.45, 7) is -0.162. The first-order chi connectivity index (χ1) is 9.16. The lowest BCUT2D eigenvalue weighted by atomic mass is 10.3. The number of rotatable bonds is 4. The Balaban J connectivity index is 1.86. The van der Waals surface area contributed by atoms with Gasteiger partial charge in [0.25, 0.3) is 5.91 Å². The van der Waals surface area contributed by atoms with E-state index in [0.29, 0.717) is 10.7 Å². The number of anilines is 1. The van der Waals surface area contributed by atoms with E-state index >= 15 is 0 Å². The van der Waals surface area contributed by atoms with E-state index in [1.165, 1.54) is 12.3 Å². The number of hydrogen-bond acceptors (Lipinski definition) is 3. The second-order valence-electron chi connectivity index (χ2n) is 3.69. The first-order valence-corrected chi connectivity index (χ1v) is 5.90. The average molecular weight is 279 g/mol. The zero-order valence-electron chi connectivity index (χ0n) is 9.85. The second kappa shape index (κ2) is 6.06. The van der Waals surface area contributed by atoms with Crippen molar-refractivity contribution in [2.24, 2.45) is 0 Å². The third kappa shape index (κ3) is 3.59. The van der Waals surface area contributed by atoms with E-state index in [0.717, 1.165) is 0 Å². The summed E-state index contributed by atoms with van der Waals surface area (Å²) in [5.41, 5.74) is 0.501. The Morgan fingerprint density at radius 3 is 2.63 bits per heavy atom. The fourth-order valence-electron chi connectivity index (χ4n) is 1.41. The molecule has 0 radical (unpaired) electrons. The lowest BCUT2D eigenvalue weighted by molar-refractivity contribution is -0.115. The van der Waals surface area contributed by atoms with Gasteiger partial charge in [0.05, 0.1) is 23.5 Å². The van der Waals surface area contributed by atoms with Gasteiger partial charge in [-0.2, -0.15) is 0 Å². The molecule has 2 aromatic rings. The summed E-state index contributed by atoms with van der Waals surface area (Å²) < 4.78 is 4.90. The van der Waals surface area contributed by atoms with Crippen LogP contribution in [0.2, 0.25) is 5.02 Å². The van der Waals surface area contributed by atoms with E-state index in [4.69, 9.17) is 16.0 Å². The molecule has 0 aliphatic rings. The summed E-state index contributed by atoms with van der Waals surface area (Å²) in [5, 5.41) is 5.47. The first-order valence-electron chi connectivity index (χ1n) is 5.53. The van der Waals surface area contributed by atoms with Gasteiger partial charge in [-0.05, 0) is 24.3 Å². The number of amides is 2. The fraction of sp³-hybridized carbons (Fsp3) is 0.0769. The summed E-state index contributed by atoms with van der Waals surface area (Å²) in [6.07, 6.45) is 1.39. The van der Waals surface area contributed by atoms with Crippen LogP contribution in [0.5, 0.6) is 0 Å². The number of halogens is 1. The Labute approximate surface area is 114 Å². The van der Waals surface area contributed by atoms with Crippen LogP contribution in [0.4, 0.5) is 5.69 Å². The van der Waals surface area contributed by atoms with Crippen molar-refractivity contribution in [3.05, 3.63) is 53.4 Å². The van der Waals surface area contributed by atoms with Crippen molar-refractivity contribution in [3.63, 3.8) is 0 Å². The van der Waals surface area contributed by atoms with Crippen LogP contribution in [-0.2, 0) is 4.79 Å². The Bertz CT molecular complexity index is 581. The highest BCUT2D eigenvalue weighted by Gasteiger charge is 2.10. The summed E-state index contributed by atoms with van der Waals surface area (Å²) in [4.78, 5) is 23.1. The normalized spacial score (nSPS) is 9.95. The van der Waals surface area contributed by atoms with Gasteiger partial charge in [0, 0.05) is 0 Å². The minimum absolute atomic E-state index is 0.158. The maximum atomic E-state index is 11.6. The van der Waals surface area contributed by atoms with Crippen LogP contribution >= 0.6 is 11.6 Å². The Kier molecular flexibility index (Phi) is 4.20. The van der Waals surface area contributed by atoms with Crippen LogP contribution < -0.4 is 10.6 Å². The molecular weight excluding hydrogens is 268 g/mol. The number of para-hydroxylation sites is 1. The predicted molar refractivity (Wildman–Crippen MR) is 71.1 cm³/mol. The van der Waals surface area contributed by atoms with Gasteiger partial charge in [0.2, 0.25) is 5.91 Å². The van der Waals surface area contributed by atoms with Crippen molar-refractivity contribution < 1.29 is 14.0 Å². The van der Waals surface area contributed by atoms with Gasteiger partial charge in [0.1, 0.15) is 0 Å². The zero-order chi connectivity index (χ0) is 13.7. The number of carbonyl (C=O) groups is 2. The molecule has 0 bridgehead atoms. The molecule has 0 saturated carbocycles. The highest BCUT2D eigenvalue weighted by atomic mass is 35.5. The molecule has 2 N–H and O–H groups in total. The smallest absolute Gasteiger partial charge is 0.287 e. The summed E-state index contributed by atoms with van der Waals surface area (Å²) in [6, 6.07) is 9.97. The minimum atomic E-state index is -0.445. The van der Waals surface area contributed by atoms with Crippen molar-refractivity contribution in [1.29, 1.82) is 0 Å². The van der Waals surface area contributed by atoms with E-state index in [1.807, 2.05) is 0 Å². The van der Waals surface area contributed by atoms with E-state index < -0.39 is 5.91 Å². The molecule has 1 aromatic heterocycles. The van der Waals surface area contributed by atoms with Gasteiger partial charge < -0.3 is 15.1 Å². The van der Waals surface area contributed by atoms with Crippen molar-refractivity contribution >= 4 is 29.1 Å². The van der Waals surface area contributed by atoms with Gasteiger partial charge in [-0.15, -0.1) is 0 Å². The van der Waals surface area contributed by atoms with Crippen molar-refractivity contribution in [2.75, 3.05) is 11.9 Å².